The van der Waals surface area contributed by atoms with Crippen molar-refractivity contribution in [2.45, 2.75) is 51.9 Å². The maximum atomic E-state index is 13.1. The molecule has 8 heteroatoms. The number of benzene rings is 1. The lowest BCUT2D eigenvalue weighted by Gasteiger charge is -2.15. The Bertz CT molecular complexity index is 1220. The Kier molecular flexibility index (Phi) is 5.60. The number of halogens is 1. The summed E-state index contributed by atoms with van der Waals surface area (Å²) in [6.07, 6.45) is 3.82. The topological polar surface area (TPSA) is 79.6 Å². The first-order valence-electron chi connectivity index (χ1n) is 11.6. The molecule has 33 heavy (non-hydrogen) atoms. The summed E-state index contributed by atoms with van der Waals surface area (Å²) in [6.45, 7) is 5.49. The summed E-state index contributed by atoms with van der Waals surface area (Å²) in [5, 5.41) is 7.64. The van der Waals surface area contributed by atoms with Gasteiger partial charge in [-0.05, 0) is 69.4 Å². The summed E-state index contributed by atoms with van der Waals surface area (Å²) < 4.78 is 14.9. The Morgan fingerprint density at radius 1 is 1.15 bits per heavy atom. The summed E-state index contributed by atoms with van der Waals surface area (Å²) in [4.78, 5) is 31.5. The molecule has 1 aromatic carbocycles. The maximum absolute atomic E-state index is 13.1. The molecule has 0 bridgehead atoms. The Hall–Kier alpha value is -3.29. The SMILES string of the molecule is Cc1nc2cc([C@@H]3CCN(C(=O)C4CC4)C3)nn2c(C)c1CCC(=O)Nc1ccc(F)cc1. The molecule has 2 amide bonds. The molecule has 2 fully saturated rings. The normalized spacial score (nSPS) is 18.2. The molecule has 1 atom stereocenters. The van der Waals surface area contributed by atoms with Crippen molar-refractivity contribution in [2.75, 3.05) is 18.4 Å². The largest absolute Gasteiger partial charge is 0.342 e. The number of amides is 2. The van der Waals surface area contributed by atoms with Crippen molar-refractivity contribution in [3.8, 4) is 0 Å². The standard InChI is InChI=1S/C25H28FN5O2/c1-15-21(9-10-24(32)28-20-7-5-19(26)6-8-20)16(2)31-23(27-15)13-22(29-31)18-11-12-30(14-18)25(33)17-3-4-17/h5-8,13,17-18H,3-4,9-12,14H2,1-2H3,(H,28,32)/t18-/m1/s1. The van der Waals surface area contributed by atoms with Crippen LogP contribution in [0, 0.1) is 25.6 Å². The molecule has 3 heterocycles. The van der Waals surface area contributed by atoms with Crippen LogP contribution >= 0.6 is 0 Å². The van der Waals surface area contributed by atoms with Crippen molar-refractivity contribution < 1.29 is 14.0 Å². The fraction of sp³-hybridized carbons (Fsp3) is 0.440. The third-order valence-electron chi connectivity index (χ3n) is 6.76. The summed E-state index contributed by atoms with van der Waals surface area (Å²) in [7, 11) is 0. The van der Waals surface area contributed by atoms with Gasteiger partial charge in [0.15, 0.2) is 5.65 Å². The molecule has 0 radical (unpaired) electrons. The number of aromatic nitrogens is 3. The van der Waals surface area contributed by atoms with E-state index in [9.17, 15) is 14.0 Å². The number of nitrogens with zero attached hydrogens (tertiary/aromatic N) is 4. The van der Waals surface area contributed by atoms with Crippen LogP contribution in [-0.4, -0.2) is 44.4 Å². The van der Waals surface area contributed by atoms with Crippen LogP contribution in [-0.2, 0) is 16.0 Å². The zero-order valence-electron chi connectivity index (χ0n) is 19.0. The van der Waals surface area contributed by atoms with Crippen LogP contribution in [0.25, 0.3) is 5.65 Å². The lowest BCUT2D eigenvalue weighted by molar-refractivity contribution is -0.131. The van der Waals surface area contributed by atoms with Gasteiger partial charge in [0.05, 0.1) is 5.69 Å². The molecule has 5 rings (SSSR count). The van der Waals surface area contributed by atoms with Gasteiger partial charge in [0, 0.05) is 54.5 Å². The van der Waals surface area contributed by atoms with Gasteiger partial charge in [-0.1, -0.05) is 0 Å². The highest BCUT2D eigenvalue weighted by atomic mass is 19.1. The predicted molar refractivity (Wildman–Crippen MR) is 122 cm³/mol. The molecule has 1 aliphatic carbocycles. The highest BCUT2D eigenvalue weighted by Gasteiger charge is 2.37. The Morgan fingerprint density at radius 3 is 2.64 bits per heavy atom. The molecule has 0 spiro atoms. The van der Waals surface area contributed by atoms with Gasteiger partial charge in [0.25, 0.3) is 0 Å². The molecule has 172 valence electrons. The molecule has 1 saturated heterocycles. The van der Waals surface area contributed by atoms with Crippen LogP contribution in [0.5, 0.6) is 0 Å². The van der Waals surface area contributed by atoms with Crippen molar-refractivity contribution in [1.29, 1.82) is 0 Å². The number of carbonyl (C=O) groups excluding carboxylic acids is 2. The molecule has 1 N–H and O–H groups in total. The van der Waals surface area contributed by atoms with Crippen LogP contribution < -0.4 is 5.32 Å². The highest BCUT2D eigenvalue weighted by Crippen LogP contribution is 2.35. The Morgan fingerprint density at radius 2 is 1.91 bits per heavy atom. The molecule has 7 nitrogen and oxygen atoms in total. The van der Waals surface area contributed by atoms with E-state index in [1.165, 1.54) is 12.1 Å². The number of carbonyl (C=O) groups is 2. The number of rotatable bonds is 6. The molecule has 1 aliphatic heterocycles. The lowest BCUT2D eigenvalue weighted by Crippen LogP contribution is -2.29. The van der Waals surface area contributed by atoms with E-state index in [1.807, 2.05) is 29.3 Å². The molecular formula is C25H28FN5O2. The Labute approximate surface area is 192 Å². The van der Waals surface area contributed by atoms with Crippen LogP contribution in [0.15, 0.2) is 30.3 Å². The van der Waals surface area contributed by atoms with E-state index in [0.717, 1.165) is 60.6 Å². The van der Waals surface area contributed by atoms with E-state index < -0.39 is 0 Å². The zero-order chi connectivity index (χ0) is 23.1. The van der Waals surface area contributed by atoms with E-state index in [2.05, 4.69) is 5.32 Å². The average molecular weight is 450 g/mol. The lowest BCUT2D eigenvalue weighted by atomic mass is 10.1. The third-order valence-corrected chi connectivity index (χ3v) is 6.76. The molecule has 2 aromatic heterocycles. The first kappa shape index (κ1) is 21.6. The first-order valence-corrected chi connectivity index (χ1v) is 11.6. The van der Waals surface area contributed by atoms with Crippen LogP contribution in [0.4, 0.5) is 10.1 Å². The average Bonchev–Trinajstić information content (AvgIpc) is 3.36. The van der Waals surface area contributed by atoms with Gasteiger partial charge in [-0.25, -0.2) is 13.9 Å². The van der Waals surface area contributed by atoms with Crippen molar-refractivity contribution in [3.63, 3.8) is 0 Å². The van der Waals surface area contributed by atoms with Crippen molar-refractivity contribution >= 4 is 23.1 Å². The number of likely N-dealkylation sites (tertiary alicyclic amines) is 1. The summed E-state index contributed by atoms with van der Waals surface area (Å²) in [5.41, 5.74) is 5.21. The zero-order valence-corrected chi connectivity index (χ0v) is 19.0. The molecule has 0 unspecified atom stereocenters. The van der Waals surface area contributed by atoms with E-state index >= 15 is 0 Å². The van der Waals surface area contributed by atoms with Gasteiger partial charge in [-0.2, -0.15) is 5.10 Å². The highest BCUT2D eigenvalue weighted by molar-refractivity contribution is 5.90. The van der Waals surface area contributed by atoms with Gasteiger partial charge in [-0.15, -0.1) is 0 Å². The fourth-order valence-electron chi connectivity index (χ4n) is 4.69. The molecule has 3 aromatic rings. The maximum Gasteiger partial charge on any atom is 0.225 e. The minimum absolute atomic E-state index is 0.131. The smallest absolute Gasteiger partial charge is 0.225 e. The van der Waals surface area contributed by atoms with E-state index in [4.69, 9.17) is 10.1 Å². The fourth-order valence-corrected chi connectivity index (χ4v) is 4.69. The van der Waals surface area contributed by atoms with Gasteiger partial charge >= 0.3 is 0 Å². The number of nitrogens with one attached hydrogen (secondary N) is 1. The minimum Gasteiger partial charge on any atom is -0.342 e. The monoisotopic (exact) mass is 449 g/mol. The van der Waals surface area contributed by atoms with E-state index in [-0.39, 0.29) is 23.6 Å². The van der Waals surface area contributed by atoms with Crippen LogP contribution in [0.2, 0.25) is 0 Å². The van der Waals surface area contributed by atoms with Gasteiger partial charge < -0.3 is 10.2 Å². The number of fused-ring (bicyclic) bond motifs is 1. The van der Waals surface area contributed by atoms with E-state index in [0.29, 0.717) is 24.4 Å². The van der Waals surface area contributed by atoms with Crippen LogP contribution in [0.1, 0.15) is 54.2 Å². The number of hydrogen-bond donors (Lipinski definition) is 1. The number of aryl methyl sites for hydroxylation is 2. The summed E-state index contributed by atoms with van der Waals surface area (Å²) in [6, 6.07) is 7.77. The quantitative estimate of drug-likeness (QED) is 0.621. The van der Waals surface area contributed by atoms with Gasteiger partial charge in [0.1, 0.15) is 5.82 Å². The van der Waals surface area contributed by atoms with Crippen molar-refractivity contribution in [3.05, 3.63) is 58.8 Å². The molecular weight excluding hydrogens is 421 g/mol. The summed E-state index contributed by atoms with van der Waals surface area (Å²) in [5.74, 6) is 0.316. The number of anilines is 1. The van der Waals surface area contributed by atoms with E-state index in [1.54, 1.807) is 12.1 Å². The minimum atomic E-state index is -0.336. The second-order valence-electron chi connectivity index (χ2n) is 9.20. The predicted octanol–water partition coefficient (Wildman–Crippen LogP) is 3.78. The van der Waals surface area contributed by atoms with Gasteiger partial charge in [0.2, 0.25) is 11.8 Å². The van der Waals surface area contributed by atoms with Crippen LogP contribution in [0.3, 0.4) is 0 Å². The molecule has 2 aliphatic rings. The second kappa shape index (κ2) is 8.57. The molecule has 1 saturated carbocycles. The van der Waals surface area contributed by atoms with Crippen molar-refractivity contribution in [2.24, 2.45) is 5.92 Å². The Balaban J connectivity index is 1.28. The second-order valence-corrected chi connectivity index (χ2v) is 9.20. The summed E-state index contributed by atoms with van der Waals surface area (Å²) >= 11 is 0. The number of hydrogen-bond acceptors (Lipinski definition) is 4. The first-order chi connectivity index (χ1) is 15.9. The third kappa shape index (κ3) is 4.47. The van der Waals surface area contributed by atoms with Crippen molar-refractivity contribution in [1.82, 2.24) is 19.5 Å². The van der Waals surface area contributed by atoms with Gasteiger partial charge in [-0.3, -0.25) is 9.59 Å².